The summed E-state index contributed by atoms with van der Waals surface area (Å²) in [4.78, 5) is 16.6. The predicted octanol–water partition coefficient (Wildman–Crippen LogP) is 4.46. The summed E-state index contributed by atoms with van der Waals surface area (Å²) in [5, 5.41) is 6.81. The van der Waals surface area contributed by atoms with E-state index >= 15 is 0 Å². The van der Waals surface area contributed by atoms with Crippen molar-refractivity contribution in [3.8, 4) is 0 Å². The van der Waals surface area contributed by atoms with Crippen molar-refractivity contribution in [3.63, 3.8) is 0 Å². The van der Waals surface area contributed by atoms with Crippen LogP contribution in [0.2, 0.25) is 10.0 Å². The molecule has 2 aromatic rings. The normalized spacial score (nSPS) is 10.2. The third-order valence-corrected chi connectivity index (χ3v) is 3.34. The molecule has 0 unspecified atom stereocenters. The zero-order valence-corrected chi connectivity index (χ0v) is 13.0. The van der Waals surface area contributed by atoms with E-state index in [9.17, 15) is 4.79 Å². The summed E-state index contributed by atoms with van der Waals surface area (Å²) in [5.74, 6) is 0.265. The summed E-state index contributed by atoms with van der Waals surface area (Å²) in [6, 6.07) is 8.33. The van der Waals surface area contributed by atoms with Crippen LogP contribution in [0.3, 0.4) is 0 Å². The molecule has 1 aromatic carbocycles. The van der Waals surface area contributed by atoms with Crippen molar-refractivity contribution in [2.45, 2.75) is 13.3 Å². The van der Waals surface area contributed by atoms with Gasteiger partial charge in [-0.05, 0) is 36.8 Å². The summed E-state index contributed by atoms with van der Waals surface area (Å²) in [5.41, 5.74) is 0.932. The first-order valence-electron chi connectivity index (χ1n) is 6.57. The fourth-order valence-corrected chi connectivity index (χ4v) is 2.09. The van der Waals surface area contributed by atoms with Gasteiger partial charge < -0.3 is 10.6 Å². The van der Waals surface area contributed by atoms with Gasteiger partial charge in [-0.15, -0.1) is 0 Å². The first-order valence-corrected chi connectivity index (χ1v) is 7.32. The summed E-state index contributed by atoms with van der Waals surface area (Å²) in [7, 11) is 0. The van der Waals surface area contributed by atoms with Crippen molar-refractivity contribution in [1.29, 1.82) is 0 Å². The van der Waals surface area contributed by atoms with Crippen LogP contribution in [0.5, 0.6) is 0 Å². The van der Waals surface area contributed by atoms with Crippen LogP contribution in [0.1, 0.15) is 23.7 Å². The van der Waals surface area contributed by atoms with Crippen LogP contribution in [0.25, 0.3) is 0 Å². The topological polar surface area (TPSA) is 54.0 Å². The molecule has 0 aliphatic rings. The summed E-state index contributed by atoms with van der Waals surface area (Å²) in [6.45, 7) is 2.79. The van der Waals surface area contributed by atoms with Gasteiger partial charge in [0.15, 0.2) is 0 Å². The largest absolute Gasteiger partial charge is 0.369 e. The fraction of sp³-hybridized carbons (Fsp3) is 0.200. The third kappa shape index (κ3) is 4.09. The molecule has 2 rings (SSSR count). The van der Waals surface area contributed by atoms with Gasteiger partial charge in [-0.2, -0.15) is 0 Å². The Morgan fingerprint density at radius 3 is 2.86 bits per heavy atom. The van der Waals surface area contributed by atoms with Crippen LogP contribution in [-0.4, -0.2) is 17.4 Å². The first kappa shape index (κ1) is 15.6. The molecule has 0 atom stereocenters. The number of benzene rings is 1. The maximum absolute atomic E-state index is 12.4. The second-order valence-corrected chi connectivity index (χ2v) is 5.25. The number of nitrogens with zero attached hydrogens (tertiary/aromatic N) is 1. The van der Waals surface area contributed by atoms with E-state index in [1.807, 2.05) is 6.92 Å². The molecule has 0 radical (unpaired) electrons. The average Bonchev–Trinajstić information content (AvgIpc) is 2.49. The summed E-state index contributed by atoms with van der Waals surface area (Å²) < 4.78 is 0. The zero-order chi connectivity index (χ0) is 15.2. The Kier molecular flexibility index (Phi) is 5.42. The van der Waals surface area contributed by atoms with Crippen molar-refractivity contribution in [2.75, 3.05) is 17.2 Å². The van der Waals surface area contributed by atoms with Crippen molar-refractivity contribution in [1.82, 2.24) is 4.98 Å². The number of carbonyl (C=O) groups is 1. The number of pyridine rings is 1. The maximum Gasteiger partial charge on any atom is 0.259 e. The molecule has 110 valence electrons. The van der Waals surface area contributed by atoms with Gasteiger partial charge in [0.2, 0.25) is 0 Å². The summed E-state index contributed by atoms with van der Waals surface area (Å²) in [6.07, 6.45) is 2.58. The number of anilines is 2. The van der Waals surface area contributed by atoms with E-state index in [4.69, 9.17) is 23.2 Å². The number of rotatable bonds is 5. The molecule has 0 fully saturated rings. The Labute approximate surface area is 133 Å². The van der Waals surface area contributed by atoms with E-state index in [-0.39, 0.29) is 5.91 Å². The fourth-order valence-electron chi connectivity index (χ4n) is 1.76. The van der Waals surface area contributed by atoms with Gasteiger partial charge in [0.1, 0.15) is 5.82 Å². The molecule has 2 N–H and O–H groups in total. The van der Waals surface area contributed by atoms with Crippen LogP contribution in [-0.2, 0) is 0 Å². The van der Waals surface area contributed by atoms with Crippen molar-refractivity contribution >= 4 is 40.6 Å². The third-order valence-electron chi connectivity index (χ3n) is 2.77. The minimum atomic E-state index is -0.286. The van der Waals surface area contributed by atoms with E-state index in [2.05, 4.69) is 15.6 Å². The van der Waals surface area contributed by atoms with Gasteiger partial charge >= 0.3 is 0 Å². The smallest absolute Gasteiger partial charge is 0.259 e. The average molecular weight is 324 g/mol. The Bertz CT molecular complexity index is 647. The molecule has 0 aliphatic carbocycles. The highest BCUT2D eigenvalue weighted by molar-refractivity contribution is 6.36. The number of nitrogens with one attached hydrogen (secondary N) is 2. The van der Waals surface area contributed by atoms with E-state index in [0.29, 0.717) is 27.1 Å². The number of hydrogen-bond acceptors (Lipinski definition) is 3. The molecular weight excluding hydrogens is 309 g/mol. The Hall–Kier alpha value is -1.78. The molecule has 0 spiro atoms. The quantitative estimate of drug-likeness (QED) is 0.853. The van der Waals surface area contributed by atoms with E-state index < -0.39 is 0 Å². The van der Waals surface area contributed by atoms with Crippen molar-refractivity contribution in [2.24, 2.45) is 0 Å². The molecule has 0 aliphatic heterocycles. The van der Waals surface area contributed by atoms with Crippen LogP contribution in [0, 0.1) is 0 Å². The van der Waals surface area contributed by atoms with Crippen molar-refractivity contribution < 1.29 is 4.79 Å². The molecule has 0 bridgehead atoms. The minimum Gasteiger partial charge on any atom is -0.369 e. The number of hydrogen-bond donors (Lipinski definition) is 2. The van der Waals surface area contributed by atoms with Gasteiger partial charge in [0, 0.05) is 17.8 Å². The van der Waals surface area contributed by atoms with Gasteiger partial charge in [-0.1, -0.05) is 30.1 Å². The minimum absolute atomic E-state index is 0.286. The lowest BCUT2D eigenvalue weighted by Gasteiger charge is -2.11. The molecule has 1 amide bonds. The van der Waals surface area contributed by atoms with Crippen LogP contribution < -0.4 is 10.6 Å². The highest BCUT2D eigenvalue weighted by Gasteiger charge is 2.13. The highest BCUT2D eigenvalue weighted by Crippen LogP contribution is 2.26. The monoisotopic (exact) mass is 323 g/mol. The van der Waals surface area contributed by atoms with Gasteiger partial charge in [0.25, 0.3) is 5.91 Å². The Morgan fingerprint density at radius 2 is 2.10 bits per heavy atom. The number of aromatic nitrogens is 1. The Morgan fingerprint density at radius 1 is 1.29 bits per heavy atom. The highest BCUT2D eigenvalue weighted by atomic mass is 35.5. The predicted molar refractivity (Wildman–Crippen MR) is 87.4 cm³/mol. The standard InChI is InChI=1S/C15H15Cl2N3O/c1-2-7-18-14-11(4-3-8-19-14)15(21)20-13-9-10(16)5-6-12(13)17/h3-6,8-9H,2,7H2,1H3,(H,18,19)(H,20,21). The Balaban J connectivity index is 2.22. The SMILES string of the molecule is CCCNc1ncccc1C(=O)Nc1cc(Cl)ccc1Cl. The second kappa shape index (κ2) is 7.29. The molecule has 4 nitrogen and oxygen atoms in total. The molecular formula is C15H15Cl2N3O. The zero-order valence-electron chi connectivity index (χ0n) is 11.5. The van der Waals surface area contributed by atoms with Gasteiger partial charge in [0.05, 0.1) is 16.3 Å². The molecule has 1 heterocycles. The first-order chi connectivity index (χ1) is 10.1. The van der Waals surface area contributed by atoms with Crippen molar-refractivity contribution in [3.05, 3.63) is 52.1 Å². The van der Waals surface area contributed by atoms with E-state index in [1.165, 1.54) is 0 Å². The van der Waals surface area contributed by atoms with Crippen LogP contribution in [0.4, 0.5) is 11.5 Å². The summed E-state index contributed by atoms with van der Waals surface area (Å²) >= 11 is 12.0. The number of carbonyl (C=O) groups excluding carboxylic acids is 1. The second-order valence-electron chi connectivity index (χ2n) is 4.40. The van der Waals surface area contributed by atoms with Crippen LogP contribution in [0.15, 0.2) is 36.5 Å². The van der Waals surface area contributed by atoms with Crippen LogP contribution >= 0.6 is 23.2 Å². The lowest BCUT2D eigenvalue weighted by Crippen LogP contribution is -2.16. The molecule has 1 aromatic heterocycles. The number of amides is 1. The maximum atomic E-state index is 12.4. The number of halogens is 2. The molecule has 21 heavy (non-hydrogen) atoms. The van der Waals surface area contributed by atoms with E-state index in [0.717, 1.165) is 13.0 Å². The van der Waals surface area contributed by atoms with E-state index in [1.54, 1.807) is 36.5 Å². The van der Waals surface area contributed by atoms with Gasteiger partial charge in [-0.3, -0.25) is 4.79 Å². The lowest BCUT2D eigenvalue weighted by molar-refractivity contribution is 0.102. The molecule has 0 saturated carbocycles. The molecule has 6 heteroatoms. The van der Waals surface area contributed by atoms with Gasteiger partial charge in [-0.25, -0.2) is 4.98 Å². The molecule has 0 saturated heterocycles. The lowest BCUT2D eigenvalue weighted by atomic mass is 10.2.